The van der Waals surface area contributed by atoms with Gasteiger partial charge in [0.1, 0.15) is 5.82 Å². The molecule has 0 spiro atoms. The third-order valence-electron chi connectivity index (χ3n) is 6.15. The molecule has 8 nitrogen and oxygen atoms in total. The number of hydrogen-bond acceptors (Lipinski definition) is 5. The number of aromatic nitrogens is 2. The number of carbonyl (C=O) groups excluding carboxylic acids is 1. The Morgan fingerprint density at radius 2 is 1.97 bits per heavy atom. The van der Waals surface area contributed by atoms with Crippen LogP contribution >= 0.6 is 0 Å². The Morgan fingerprint density at radius 1 is 1.19 bits per heavy atom. The summed E-state index contributed by atoms with van der Waals surface area (Å²) in [5.41, 5.74) is 1.70. The molecule has 1 amide bonds. The van der Waals surface area contributed by atoms with E-state index in [9.17, 15) is 18.0 Å². The number of benzene rings is 1. The van der Waals surface area contributed by atoms with E-state index in [0.29, 0.717) is 43.0 Å². The summed E-state index contributed by atoms with van der Waals surface area (Å²) >= 11 is 0. The molecule has 4 rings (SSSR count). The topological polar surface area (TPSA) is 103 Å². The van der Waals surface area contributed by atoms with Gasteiger partial charge < -0.3 is 9.88 Å². The zero-order chi connectivity index (χ0) is 22.0. The highest BCUT2D eigenvalue weighted by Crippen LogP contribution is 2.30. The number of aromatic amines is 1. The van der Waals surface area contributed by atoms with Crippen LogP contribution in [0.3, 0.4) is 0 Å². The average Bonchev–Trinajstić information content (AvgIpc) is 2.79. The predicted octanol–water partition coefficient (Wildman–Crippen LogP) is 1.77. The Balaban J connectivity index is 1.59. The summed E-state index contributed by atoms with van der Waals surface area (Å²) in [6.45, 7) is 2.61. The molecule has 2 aliphatic rings. The molecule has 0 radical (unpaired) electrons. The number of likely N-dealkylation sites (tertiary alicyclic amines) is 1. The Bertz CT molecular complexity index is 1110. The van der Waals surface area contributed by atoms with Gasteiger partial charge in [0.05, 0.1) is 29.5 Å². The summed E-state index contributed by atoms with van der Waals surface area (Å²) in [6, 6.07) is 9.37. The van der Waals surface area contributed by atoms with Crippen molar-refractivity contribution < 1.29 is 13.2 Å². The van der Waals surface area contributed by atoms with E-state index in [1.54, 1.807) is 6.92 Å². The summed E-state index contributed by atoms with van der Waals surface area (Å²) in [6.07, 6.45) is 3.35. The van der Waals surface area contributed by atoms with Crippen LogP contribution in [0.5, 0.6) is 0 Å². The first-order valence-corrected chi connectivity index (χ1v) is 12.4. The summed E-state index contributed by atoms with van der Waals surface area (Å²) < 4.78 is 25.8. The largest absolute Gasteiger partial charge is 0.332 e. The van der Waals surface area contributed by atoms with Crippen LogP contribution in [-0.4, -0.2) is 52.3 Å². The van der Waals surface area contributed by atoms with Gasteiger partial charge in [-0.1, -0.05) is 30.3 Å². The van der Waals surface area contributed by atoms with Crippen LogP contribution in [0.15, 0.2) is 35.1 Å². The standard InChI is InChI=1S/C22H28N4O4S/c1-2-31(29,30)25-13-11-18-17(15-25)22(28)24-21(23-18)19-10-6-7-12-26(19)20(27)14-16-8-4-3-5-9-16/h3-5,8-9,19H,2,6-7,10-15H2,1H3,(H,23,24,28). The number of amides is 1. The second-order valence-corrected chi connectivity index (χ2v) is 10.4. The number of rotatable bonds is 5. The number of fused-ring (bicyclic) bond motifs is 1. The molecule has 1 aromatic heterocycles. The van der Waals surface area contributed by atoms with Gasteiger partial charge in [-0.25, -0.2) is 13.4 Å². The molecule has 9 heteroatoms. The van der Waals surface area contributed by atoms with Crippen molar-refractivity contribution >= 4 is 15.9 Å². The summed E-state index contributed by atoms with van der Waals surface area (Å²) in [5.74, 6) is 0.542. The van der Waals surface area contributed by atoms with Crippen molar-refractivity contribution in [3.63, 3.8) is 0 Å². The third-order valence-corrected chi connectivity index (χ3v) is 7.98. The van der Waals surface area contributed by atoms with Crippen molar-refractivity contribution in [2.24, 2.45) is 0 Å². The van der Waals surface area contributed by atoms with E-state index < -0.39 is 10.0 Å². The first-order valence-electron chi connectivity index (χ1n) is 10.8. The van der Waals surface area contributed by atoms with Gasteiger partial charge in [-0.2, -0.15) is 4.31 Å². The van der Waals surface area contributed by atoms with Gasteiger partial charge in [0.25, 0.3) is 5.56 Å². The fraction of sp³-hybridized carbons (Fsp3) is 0.500. The summed E-state index contributed by atoms with van der Waals surface area (Å²) in [4.78, 5) is 35.3. The van der Waals surface area contributed by atoms with E-state index in [0.717, 1.165) is 24.8 Å². The normalized spacial score (nSPS) is 19.8. The molecule has 2 aliphatic heterocycles. The third kappa shape index (κ3) is 4.57. The van der Waals surface area contributed by atoms with E-state index in [-0.39, 0.29) is 29.8 Å². The maximum Gasteiger partial charge on any atom is 0.255 e. The van der Waals surface area contributed by atoms with Gasteiger partial charge in [-0.05, 0) is 31.7 Å². The number of nitrogens with one attached hydrogen (secondary N) is 1. The Hall–Kier alpha value is -2.52. The minimum absolute atomic E-state index is 0.00626. The van der Waals surface area contributed by atoms with Crippen molar-refractivity contribution in [1.82, 2.24) is 19.2 Å². The second-order valence-electron chi connectivity index (χ2n) is 8.12. The monoisotopic (exact) mass is 444 g/mol. The molecule has 1 unspecified atom stereocenters. The molecule has 2 aromatic rings. The number of carbonyl (C=O) groups is 1. The fourth-order valence-corrected chi connectivity index (χ4v) is 5.44. The molecule has 0 saturated carbocycles. The Morgan fingerprint density at radius 3 is 2.71 bits per heavy atom. The first kappa shape index (κ1) is 21.7. The van der Waals surface area contributed by atoms with Gasteiger partial charge in [0, 0.05) is 26.1 Å². The number of piperidine rings is 1. The molecule has 31 heavy (non-hydrogen) atoms. The SMILES string of the molecule is CCS(=O)(=O)N1CCc2nc(C3CCCCN3C(=O)Cc3ccccc3)[nH]c(=O)c2C1. The molecular weight excluding hydrogens is 416 g/mol. The van der Waals surface area contributed by atoms with Gasteiger partial charge in [0.2, 0.25) is 15.9 Å². The number of nitrogens with zero attached hydrogens (tertiary/aromatic N) is 3. The molecule has 1 atom stereocenters. The quantitative estimate of drug-likeness (QED) is 0.757. The van der Waals surface area contributed by atoms with Gasteiger partial charge in [-0.3, -0.25) is 9.59 Å². The maximum absolute atomic E-state index is 13.0. The predicted molar refractivity (Wildman–Crippen MR) is 117 cm³/mol. The van der Waals surface area contributed by atoms with Gasteiger partial charge in [0.15, 0.2) is 0 Å². The van der Waals surface area contributed by atoms with Crippen molar-refractivity contribution in [3.05, 3.63) is 63.3 Å². The highest BCUT2D eigenvalue weighted by molar-refractivity contribution is 7.89. The molecule has 3 heterocycles. The minimum Gasteiger partial charge on any atom is -0.332 e. The molecule has 1 aromatic carbocycles. The van der Waals surface area contributed by atoms with Crippen LogP contribution in [0, 0.1) is 0 Å². The number of sulfonamides is 1. The number of H-pyrrole nitrogens is 1. The molecule has 1 fully saturated rings. The lowest BCUT2D eigenvalue weighted by Crippen LogP contribution is -2.43. The zero-order valence-electron chi connectivity index (χ0n) is 17.7. The van der Waals surface area contributed by atoms with Crippen LogP contribution in [0.4, 0.5) is 0 Å². The van der Waals surface area contributed by atoms with Crippen LogP contribution in [-0.2, 0) is 34.2 Å². The van der Waals surface area contributed by atoms with E-state index in [4.69, 9.17) is 4.98 Å². The molecule has 0 aliphatic carbocycles. The van der Waals surface area contributed by atoms with Crippen LogP contribution in [0.25, 0.3) is 0 Å². The fourth-order valence-electron chi connectivity index (χ4n) is 4.38. The van der Waals surface area contributed by atoms with Crippen LogP contribution < -0.4 is 5.56 Å². The van der Waals surface area contributed by atoms with Crippen molar-refractivity contribution in [2.75, 3.05) is 18.8 Å². The van der Waals surface area contributed by atoms with Gasteiger partial charge >= 0.3 is 0 Å². The lowest BCUT2D eigenvalue weighted by molar-refractivity contribution is -0.134. The number of hydrogen-bond donors (Lipinski definition) is 1. The van der Waals surface area contributed by atoms with E-state index in [1.807, 2.05) is 35.2 Å². The lowest BCUT2D eigenvalue weighted by atomic mass is 9.99. The van der Waals surface area contributed by atoms with Crippen molar-refractivity contribution in [1.29, 1.82) is 0 Å². The van der Waals surface area contributed by atoms with Gasteiger partial charge in [-0.15, -0.1) is 0 Å². The van der Waals surface area contributed by atoms with Crippen molar-refractivity contribution in [2.45, 2.75) is 51.6 Å². The molecular formula is C22H28N4O4S. The van der Waals surface area contributed by atoms with E-state index in [1.165, 1.54) is 4.31 Å². The average molecular weight is 445 g/mol. The van der Waals surface area contributed by atoms with Crippen molar-refractivity contribution in [3.8, 4) is 0 Å². The minimum atomic E-state index is -3.36. The van der Waals surface area contributed by atoms with Crippen LogP contribution in [0.2, 0.25) is 0 Å². The highest BCUT2D eigenvalue weighted by atomic mass is 32.2. The summed E-state index contributed by atoms with van der Waals surface area (Å²) in [5, 5.41) is 0. The smallest absolute Gasteiger partial charge is 0.255 e. The first-order chi connectivity index (χ1) is 14.9. The highest BCUT2D eigenvalue weighted by Gasteiger charge is 2.33. The second kappa shape index (κ2) is 8.92. The van der Waals surface area contributed by atoms with Crippen LogP contribution in [0.1, 0.15) is 54.9 Å². The van der Waals surface area contributed by atoms with E-state index in [2.05, 4.69) is 4.98 Å². The van der Waals surface area contributed by atoms with E-state index >= 15 is 0 Å². The lowest BCUT2D eigenvalue weighted by Gasteiger charge is -2.36. The maximum atomic E-state index is 13.0. The molecule has 1 saturated heterocycles. The molecule has 0 bridgehead atoms. The molecule has 1 N–H and O–H groups in total. The Kier molecular flexibility index (Phi) is 6.24. The summed E-state index contributed by atoms with van der Waals surface area (Å²) in [7, 11) is -3.36. The Labute approximate surface area is 182 Å². The zero-order valence-corrected chi connectivity index (χ0v) is 18.5. The molecule has 166 valence electrons.